The number of carbonyl (C=O) groups is 2. The molecule has 0 aliphatic heterocycles. The van der Waals surface area contributed by atoms with Crippen molar-refractivity contribution >= 4 is 23.2 Å². The molecule has 1 aromatic heterocycles. The average Bonchev–Trinajstić information content (AvgIpc) is 2.75. The Balaban J connectivity index is 2.24. The van der Waals surface area contributed by atoms with Gasteiger partial charge in [0.2, 0.25) is 5.91 Å². The Bertz CT molecular complexity index is 415. The zero-order chi connectivity index (χ0) is 13.5. The summed E-state index contributed by atoms with van der Waals surface area (Å²) in [5, 5.41) is 16.1. The Labute approximate surface area is 110 Å². The highest BCUT2D eigenvalue weighted by Gasteiger charge is 2.07. The van der Waals surface area contributed by atoms with E-state index in [4.69, 9.17) is 5.11 Å². The maximum atomic E-state index is 11.4. The predicted octanol–water partition coefficient (Wildman–Crippen LogP) is 1.31. The molecule has 0 aliphatic rings. The first-order chi connectivity index (χ1) is 8.49. The third kappa shape index (κ3) is 5.29. The standard InChI is InChI=1S/C12H18N2O3S/c1-8(2)4-14-11(15)6-13-5-10-3-9(7-18-10)12(16)17/h3,7-8,13H,4-6H2,1-2H3,(H,14,15)(H,16,17). The van der Waals surface area contributed by atoms with Gasteiger partial charge in [-0.3, -0.25) is 4.79 Å². The van der Waals surface area contributed by atoms with Crippen LogP contribution in [0.3, 0.4) is 0 Å². The highest BCUT2D eigenvalue weighted by atomic mass is 32.1. The molecule has 1 amide bonds. The van der Waals surface area contributed by atoms with Crippen molar-refractivity contribution in [2.75, 3.05) is 13.1 Å². The Morgan fingerprint density at radius 3 is 2.72 bits per heavy atom. The first kappa shape index (κ1) is 14.7. The van der Waals surface area contributed by atoms with Crippen molar-refractivity contribution < 1.29 is 14.7 Å². The number of carboxylic acids is 1. The van der Waals surface area contributed by atoms with Crippen LogP contribution in [0.1, 0.15) is 29.1 Å². The van der Waals surface area contributed by atoms with Gasteiger partial charge in [0.15, 0.2) is 0 Å². The van der Waals surface area contributed by atoms with Crippen molar-refractivity contribution in [3.63, 3.8) is 0 Å². The second-order valence-corrected chi connectivity index (χ2v) is 5.40. The summed E-state index contributed by atoms with van der Waals surface area (Å²) < 4.78 is 0. The second kappa shape index (κ2) is 7.13. The summed E-state index contributed by atoms with van der Waals surface area (Å²) in [6.45, 7) is 5.49. The number of carboxylic acid groups (broad SMARTS) is 1. The van der Waals surface area contributed by atoms with Gasteiger partial charge < -0.3 is 15.7 Å². The van der Waals surface area contributed by atoms with Crippen LogP contribution in [0.5, 0.6) is 0 Å². The number of nitrogens with one attached hydrogen (secondary N) is 2. The Morgan fingerprint density at radius 2 is 2.17 bits per heavy atom. The molecule has 1 heterocycles. The fourth-order valence-corrected chi connectivity index (χ4v) is 2.09. The largest absolute Gasteiger partial charge is 0.478 e. The maximum Gasteiger partial charge on any atom is 0.336 e. The van der Waals surface area contributed by atoms with Crippen molar-refractivity contribution in [3.8, 4) is 0 Å². The molecule has 0 saturated heterocycles. The topological polar surface area (TPSA) is 78.4 Å². The van der Waals surface area contributed by atoms with E-state index in [0.717, 1.165) is 4.88 Å². The van der Waals surface area contributed by atoms with Crippen LogP contribution in [0.25, 0.3) is 0 Å². The lowest BCUT2D eigenvalue weighted by Crippen LogP contribution is -2.35. The van der Waals surface area contributed by atoms with Crippen LogP contribution in [0.4, 0.5) is 0 Å². The Hall–Kier alpha value is -1.40. The summed E-state index contributed by atoms with van der Waals surface area (Å²) in [4.78, 5) is 23.0. The van der Waals surface area contributed by atoms with Crippen molar-refractivity contribution in [1.82, 2.24) is 10.6 Å². The summed E-state index contributed by atoms with van der Waals surface area (Å²) in [5.74, 6) is -0.532. The van der Waals surface area contributed by atoms with Gasteiger partial charge in [-0.25, -0.2) is 4.79 Å². The molecule has 0 aromatic carbocycles. The van der Waals surface area contributed by atoms with E-state index in [1.807, 2.05) is 13.8 Å². The quantitative estimate of drug-likeness (QED) is 0.698. The van der Waals surface area contributed by atoms with E-state index in [2.05, 4.69) is 10.6 Å². The minimum atomic E-state index is -0.924. The molecule has 3 N–H and O–H groups in total. The van der Waals surface area contributed by atoms with Gasteiger partial charge in [-0.2, -0.15) is 0 Å². The Morgan fingerprint density at radius 1 is 1.44 bits per heavy atom. The minimum Gasteiger partial charge on any atom is -0.478 e. The molecule has 0 spiro atoms. The number of thiophene rings is 1. The Kier molecular flexibility index (Phi) is 5.80. The fraction of sp³-hybridized carbons (Fsp3) is 0.500. The lowest BCUT2D eigenvalue weighted by molar-refractivity contribution is -0.120. The maximum absolute atomic E-state index is 11.4. The molecule has 0 atom stereocenters. The predicted molar refractivity (Wildman–Crippen MR) is 70.8 cm³/mol. The van der Waals surface area contributed by atoms with Gasteiger partial charge in [0.25, 0.3) is 0 Å². The lowest BCUT2D eigenvalue weighted by atomic mass is 10.2. The van der Waals surface area contributed by atoms with Gasteiger partial charge in [-0.1, -0.05) is 13.8 Å². The number of carbonyl (C=O) groups excluding carboxylic acids is 1. The second-order valence-electron chi connectivity index (χ2n) is 4.41. The summed E-state index contributed by atoms with van der Waals surface area (Å²) in [6, 6.07) is 1.62. The first-order valence-electron chi connectivity index (χ1n) is 5.77. The SMILES string of the molecule is CC(C)CNC(=O)CNCc1cc(C(=O)O)cs1. The molecule has 0 unspecified atom stereocenters. The zero-order valence-corrected chi connectivity index (χ0v) is 11.3. The van der Waals surface area contributed by atoms with Gasteiger partial charge in [0.1, 0.15) is 0 Å². The molecule has 0 aliphatic carbocycles. The molecule has 6 heteroatoms. The van der Waals surface area contributed by atoms with Gasteiger partial charge in [-0.05, 0) is 12.0 Å². The summed E-state index contributed by atoms with van der Waals surface area (Å²) >= 11 is 1.37. The lowest BCUT2D eigenvalue weighted by Gasteiger charge is -2.07. The molecule has 1 rings (SSSR count). The highest BCUT2D eigenvalue weighted by Crippen LogP contribution is 2.14. The molecule has 100 valence electrons. The van der Waals surface area contributed by atoms with Crippen molar-refractivity contribution in [2.45, 2.75) is 20.4 Å². The molecule has 0 radical (unpaired) electrons. The van der Waals surface area contributed by atoms with Crippen LogP contribution in [-0.2, 0) is 11.3 Å². The van der Waals surface area contributed by atoms with Crippen LogP contribution in [-0.4, -0.2) is 30.1 Å². The average molecular weight is 270 g/mol. The van der Waals surface area contributed by atoms with E-state index in [-0.39, 0.29) is 12.5 Å². The molecular formula is C12H18N2O3S. The number of rotatable bonds is 7. The van der Waals surface area contributed by atoms with Crippen LogP contribution in [0.15, 0.2) is 11.4 Å². The monoisotopic (exact) mass is 270 g/mol. The number of hydrogen-bond acceptors (Lipinski definition) is 4. The highest BCUT2D eigenvalue weighted by molar-refractivity contribution is 7.10. The smallest absolute Gasteiger partial charge is 0.336 e. The summed E-state index contributed by atoms with van der Waals surface area (Å²) in [5.41, 5.74) is 0.293. The van der Waals surface area contributed by atoms with Gasteiger partial charge in [-0.15, -0.1) is 11.3 Å². The van der Waals surface area contributed by atoms with Crippen molar-refractivity contribution in [1.29, 1.82) is 0 Å². The van der Waals surface area contributed by atoms with E-state index in [9.17, 15) is 9.59 Å². The number of hydrogen-bond donors (Lipinski definition) is 3. The van der Waals surface area contributed by atoms with Crippen LogP contribution in [0, 0.1) is 5.92 Å². The van der Waals surface area contributed by atoms with Crippen LogP contribution < -0.4 is 10.6 Å². The molecule has 5 nitrogen and oxygen atoms in total. The molecule has 0 bridgehead atoms. The molecular weight excluding hydrogens is 252 g/mol. The minimum absolute atomic E-state index is 0.0429. The van der Waals surface area contributed by atoms with E-state index in [0.29, 0.717) is 24.6 Å². The molecule has 0 fully saturated rings. The normalized spacial score (nSPS) is 10.6. The van der Waals surface area contributed by atoms with Crippen LogP contribution >= 0.6 is 11.3 Å². The van der Waals surface area contributed by atoms with Gasteiger partial charge in [0.05, 0.1) is 12.1 Å². The zero-order valence-electron chi connectivity index (χ0n) is 10.5. The van der Waals surface area contributed by atoms with E-state index >= 15 is 0 Å². The number of aromatic carboxylic acids is 1. The van der Waals surface area contributed by atoms with E-state index < -0.39 is 5.97 Å². The van der Waals surface area contributed by atoms with Crippen molar-refractivity contribution in [3.05, 3.63) is 21.9 Å². The first-order valence-corrected chi connectivity index (χ1v) is 6.65. The fourth-order valence-electron chi connectivity index (χ4n) is 1.27. The molecule has 0 saturated carbocycles. The number of amides is 1. The molecule has 1 aromatic rings. The van der Waals surface area contributed by atoms with E-state index in [1.54, 1.807) is 11.4 Å². The third-order valence-electron chi connectivity index (χ3n) is 2.19. The van der Waals surface area contributed by atoms with Gasteiger partial charge in [0, 0.05) is 23.3 Å². The van der Waals surface area contributed by atoms with E-state index in [1.165, 1.54) is 11.3 Å². The van der Waals surface area contributed by atoms with Crippen molar-refractivity contribution in [2.24, 2.45) is 5.92 Å². The van der Waals surface area contributed by atoms with Crippen LogP contribution in [0.2, 0.25) is 0 Å². The summed E-state index contributed by atoms with van der Waals surface area (Å²) in [7, 11) is 0. The molecule has 18 heavy (non-hydrogen) atoms. The third-order valence-corrected chi connectivity index (χ3v) is 3.13. The summed E-state index contributed by atoms with van der Waals surface area (Å²) in [6.07, 6.45) is 0. The van der Waals surface area contributed by atoms with Gasteiger partial charge >= 0.3 is 5.97 Å².